The molecule has 4 rings (SSSR count). The van der Waals surface area contributed by atoms with Crippen molar-refractivity contribution in [2.75, 3.05) is 31.1 Å². The van der Waals surface area contributed by atoms with Crippen LogP contribution in [0.4, 0.5) is 5.69 Å². The smallest absolute Gasteiger partial charge is 0.313 e. The van der Waals surface area contributed by atoms with Gasteiger partial charge >= 0.3 is 5.97 Å². The second kappa shape index (κ2) is 9.28. The van der Waals surface area contributed by atoms with Gasteiger partial charge in [-0.3, -0.25) is 14.4 Å². The average Bonchev–Trinajstić information content (AvgIpc) is 3.63. The molecule has 34 heavy (non-hydrogen) atoms. The monoisotopic (exact) mass is 466 g/mol. The fraction of sp³-hybridized carbons (Fsp3) is 0.615. The maximum atomic E-state index is 13.4. The molecule has 2 amide bonds. The zero-order valence-corrected chi connectivity index (χ0v) is 20.0. The molecule has 1 aliphatic heterocycles. The lowest BCUT2D eigenvalue weighted by molar-refractivity contribution is -0.144. The lowest BCUT2D eigenvalue weighted by Crippen LogP contribution is -2.53. The van der Waals surface area contributed by atoms with Crippen LogP contribution < -0.4 is 10.2 Å². The molecule has 8 heteroatoms. The summed E-state index contributed by atoms with van der Waals surface area (Å²) in [6.07, 6.45) is 4.68. The molecule has 1 aromatic carbocycles. The highest BCUT2D eigenvalue weighted by Gasteiger charge is 2.47. The molecule has 1 heterocycles. The number of piperazine rings is 1. The second-order valence-electron chi connectivity index (χ2n) is 10.5. The van der Waals surface area contributed by atoms with E-state index in [9.17, 15) is 24.8 Å². The van der Waals surface area contributed by atoms with Crippen LogP contribution in [0, 0.1) is 23.2 Å². The van der Waals surface area contributed by atoms with Crippen molar-refractivity contribution in [3.05, 3.63) is 29.8 Å². The summed E-state index contributed by atoms with van der Waals surface area (Å²) in [4.78, 5) is 41.9. The van der Waals surface area contributed by atoms with Gasteiger partial charge in [0.1, 0.15) is 5.54 Å². The van der Waals surface area contributed by atoms with Gasteiger partial charge in [0, 0.05) is 43.7 Å². The van der Waals surface area contributed by atoms with Crippen molar-refractivity contribution >= 4 is 23.5 Å². The summed E-state index contributed by atoms with van der Waals surface area (Å²) >= 11 is 0. The summed E-state index contributed by atoms with van der Waals surface area (Å²) in [6, 6.07) is 9.82. The van der Waals surface area contributed by atoms with Crippen LogP contribution in [-0.2, 0) is 19.8 Å². The van der Waals surface area contributed by atoms with Crippen LogP contribution in [0.1, 0.15) is 57.9 Å². The van der Waals surface area contributed by atoms with Crippen LogP contribution in [0.5, 0.6) is 0 Å². The number of carboxylic acids is 1. The summed E-state index contributed by atoms with van der Waals surface area (Å²) in [5.74, 6) is -1.61. The van der Waals surface area contributed by atoms with E-state index in [4.69, 9.17) is 0 Å². The van der Waals surface area contributed by atoms with Crippen LogP contribution in [0.25, 0.3) is 0 Å². The molecule has 2 saturated carbocycles. The molecule has 182 valence electrons. The first-order valence-corrected chi connectivity index (χ1v) is 12.3. The zero-order chi connectivity index (χ0) is 24.5. The summed E-state index contributed by atoms with van der Waals surface area (Å²) in [5, 5.41) is 21.7. The highest BCUT2D eigenvalue weighted by atomic mass is 16.4. The quantitative estimate of drug-likeness (QED) is 0.666. The van der Waals surface area contributed by atoms with E-state index in [1.807, 2.05) is 29.2 Å². The largest absolute Gasteiger partial charge is 0.481 e. The predicted octanol–water partition coefficient (Wildman–Crippen LogP) is 2.68. The summed E-state index contributed by atoms with van der Waals surface area (Å²) in [6.45, 7) is 5.95. The number of rotatable bonds is 6. The van der Waals surface area contributed by atoms with E-state index in [-0.39, 0.29) is 23.7 Å². The van der Waals surface area contributed by atoms with Gasteiger partial charge < -0.3 is 20.2 Å². The predicted molar refractivity (Wildman–Crippen MR) is 127 cm³/mol. The molecule has 8 nitrogen and oxygen atoms in total. The molecule has 2 aliphatic carbocycles. The van der Waals surface area contributed by atoms with E-state index in [1.165, 1.54) is 0 Å². The molecular formula is C26H34N4O4. The van der Waals surface area contributed by atoms with Gasteiger partial charge in [-0.1, -0.05) is 25.0 Å². The van der Waals surface area contributed by atoms with E-state index >= 15 is 0 Å². The van der Waals surface area contributed by atoms with Gasteiger partial charge in [0.25, 0.3) is 0 Å². The molecule has 0 aromatic heterocycles. The number of hydrogen-bond acceptors (Lipinski definition) is 5. The van der Waals surface area contributed by atoms with Crippen molar-refractivity contribution in [1.29, 1.82) is 5.26 Å². The number of carboxylic acid groups (broad SMARTS) is 1. The van der Waals surface area contributed by atoms with Crippen LogP contribution in [0.2, 0.25) is 0 Å². The first-order chi connectivity index (χ1) is 16.2. The number of benzene rings is 1. The lowest BCUT2D eigenvalue weighted by atomic mass is 9.77. The van der Waals surface area contributed by atoms with Gasteiger partial charge in [-0.2, -0.15) is 5.26 Å². The number of nitriles is 1. The van der Waals surface area contributed by atoms with Crippen molar-refractivity contribution < 1.29 is 19.5 Å². The number of nitrogens with zero attached hydrogens (tertiary/aromatic N) is 3. The van der Waals surface area contributed by atoms with E-state index in [0.717, 1.165) is 30.5 Å². The number of carbonyl (C=O) groups is 3. The zero-order valence-electron chi connectivity index (χ0n) is 20.0. The Kier molecular flexibility index (Phi) is 6.57. The molecule has 0 radical (unpaired) electrons. The number of aliphatic carboxylic acids is 1. The van der Waals surface area contributed by atoms with Gasteiger partial charge in [-0.05, 0) is 57.2 Å². The standard InChI is InChI=1S/C26H34N4O4/c1-25(2,24(33)34)18-7-9-19(10-8-18)29-13-15-30(16-14-29)23(32)21-6-4-3-5-20(21)22(31)28-26(17-27)11-12-26/h7-10,20-21H,3-6,11-16H2,1-2H3,(H,28,31)(H,33,34)/t20-,21-/m1/s1. The van der Waals surface area contributed by atoms with Crippen LogP contribution >= 0.6 is 0 Å². The summed E-state index contributed by atoms with van der Waals surface area (Å²) < 4.78 is 0. The summed E-state index contributed by atoms with van der Waals surface area (Å²) in [7, 11) is 0. The van der Waals surface area contributed by atoms with Gasteiger partial charge in [-0.15, -0.1) is 0 Å². The first-order valence-electron chi connectivity index (χ1n) is 12.3. The molecule has 1 aromatic rings. The molecule has 0 spiro atoms. The number of hydrogen-bond donors (Lipinski definition) is 2. The second-order valence-corrected chi connectivity index (χ2v) is 10.5. The van der Waals surface area contributed by atoms with Crippen LogP contribution in [0.15, 0.2) is 24.3 Å². The van der Waals surface area contributed by atoms with Crippen molar-refractivity contribution in [3.8, 4) is 6.07 Å². The topological polar surface area (TPSA) is 114 Å². The van der Waals surface area contributed by atoms with E-state index < -0.39 is 16.9 Å². The summed E-state index contributed by atoms with van der Waals surface area (Å²) in [5.41, 5.74) is 0.115. The average molecular weight is 467 g/mol. The Morgan fingerprint density at radius 2 is 1.62 bits per heavy atom. The van der Waals surface area contributed by atoms with E-state index in [1.54, 1.807) is 13.8 Å². The Morgan fingerprint density at radius 1 is 1.03 bits per heavy atom. The lowest BCUT2D eigenvalue weighted by Gasteiger charge is -2.40. The van der Waals surface area contributed by atoms with Crippen molar-refractivity contribution in [3.63, 3.8) is 0 Å². The molecule has 2 atom stereocenters. The molecule has 2 N–H and O–H groups in total. The van der Waals surface area contributed by atoms with Crippen LogP contribution in [-0.4, -0.2) is 59.5 Å². The van der Waals surface area contributed by atoms with Crippen molar-refractivity contribution in [2.45, 2.75) is 63.3 Å². The molecule has 0 bridgehead atoms. The maximum absolute atomic E-state index is 13.4. The number of anilines is 1. The third-order valence-corrected chi connectivity index (χ3v) is 7.83. The first kappa shape index (κ1) is 24.1. The highest BCUT2D eigenvalue weighted by Crippen LogP contribution is 2.37. The number of nitrogens with one attached hydrogen (secondary N) is 1. The number of amides is 2. The van der Waals surface area contributed by atoms with Crippen molar-refractivity contribution in [1.82, 2.24) is 10.2 Å². The Morgan fingerprint density at radius 3 is 2.15 bits per heavy atom. The Hall–Kier alpha value is -3.08. The van der Waals surface area contributed by atoms with Gasteiger partial charge in [0.2, 0.25) is 11.8 Å². The molecule has 1 saturated heterocycles. The normalized spacial score (nSPS) is 24.1. The minimum atomic E-state index is -0.946. The molecule has 3 fully saturated rings. The van der Waals surface area contributed by atoms with E-state index in [2.05, 4.69) is 16.3 Å². The number of carbonyl (C=O) groups excluding carboxylic acids is 2. The van der Waals surface area contributed by atoms with Gasteiger partial charge in [0.05, 0.1) is 11.5 Å². The van der Waals surface area contributed by atoms with Gasteiger partial charge in [0.15, 0.2) is 0 Å². The SMILES string of the molecule is CC(C)(C(=O)O)c1ccc(N2CCN(C(=O)[C@@H]3CCCC[C@H]3C(=O)NC3(C#N)CC3)CC2)cc1. The third kappa shape index (κ3) is 4.75. The minimum Gasteiger partial charge on any atom is -0.481 e. The van der Waals surface area contributed by atoms with Gasteiger partial charge in [-0.25, -0.2) is 0 Å². The Labute approximate surface area is 200 Å². The Bertz CT molecular complexity index is 985. The van der Waals surface area contributed by atoms with E-state index in [0.29, 0.717) is 45.4 Å². The molecular weight excluding hydrogens is 432 g/mol. The highest BCUT2D eigenvalue weighted by molar-refractivity contribution is 5.89. The third-order valence-electron chi connectivity index (χ3n) is 7.83. The maximum Gasteiger partial charge on any atom is 0.313 e. The van der Waals surface area contributed by atoms with Crippen LogP contribution in [0.3, 0.4) is 0 Å². The molecule has 0 unspecified atom stereocenters. The Balaban J connectivity index is 1.36. The fourth-order valence-corrected chi connectivity index (χ4v) is 5.09. The molecule has 3 aliphatic rings. The fourth-order valence-electron chi connectivity index (χ4n) is 5.09. The minimum absolute atomic E-state index is 0.0554. The van der Waals surface area contributed by atoms with Crippen molar-refractivity contribution in [2.24, 2.45) is 11.8 Å².